The maximum atomic E-state index is 10.8. The van der Waals surface area contributed by atoms with E-state index in [-0.39, 0.29) is 36.0 Å². The van der Waals surface area contributed by atoms with Crippen molar-refractivity contribution in [1.82, 2.24) is 4.90 Å². The molecule has 0 fully saturated rings. The van der Waals surface area contributed by atoms with Gasteiger partial charge in [-0.2, -0.15) is 0 Å². The predicted octanol–water partition coefficient (Wildman–Crippen LogP) is 6.22. The molecule has 210 valence electrons. The topological polar surface area (TPSA) is 43.4 Å². The van der Waals surface area contributed by atoms with Crippen molar-refractivity contribution in [3.05, 3.63) is 0 Å². The summed E-state index contributed by atoms with van der Waals surface area (Å²) in [5.74, 6) is -0.902. The first-order valence-corrected chi connectivity index (χ1v) is 16.1. The number of aliphatic carboxylic acids is 1. The number of unbranched alkanes of at least 4 members (excludes halogenated alkanes) is 22. The first-order chi connectivity index (χ1) is 17.2. The van der Waals surface area contributed by atoms with Crippen molar-refractivity contribution in [2.24, 2.45) is 0 Å². The molecule has 0 aromatic heterocycles. The minimum atomic E-state index is -0.902. The molecule has 0 saturated carbocycles. The molecule has 0 aliphatic heterocycles. The van der Waals surface area contributed by atoms with Gasteiger partial charge in [0.25, 0.3) is 0 Å². The quantitative estimate of drug-likeness (QED) is 0.0838. The molecule has 0 N–H and O–H groups in total. The Kier molecular flexibility index (Phi) is 35.9. The maximum Gasteiger partial charge on any atom is 1.00 e. The van der Waals surface area contributed by atoms with Gasteiger partial charge in [0.05, 0.1) is 0 Å². The van der Waals surface area contributed by atoms with Crippen molar-refractivity contribution in [1.29, 1.82) is 0 Å². The van der Waals surface area contributed by atoms with Gasteiger partial charge in [-0.25, -0.2) is 0 Å². The Morgan fingerprint density at radius 2 is 0.694 bits per heavy atom. The summed E-state index contributed by atoms with van der Waals surface area (Å²) in [6.45, 7) is 7.77. The summed E-state index contributed by atoms with van der Waals surface area (Å²) in [7, 11) is 0. The van der Waals surface area contributed by atoms with Crippen LogP contribution in [0.25, 0.3) is 0 Å². The van der Waals surface area contributed by atoms with E-state index in [9.17, 15) is 9.90 Å². The molecule has 0 aliphatic rings. The predicted molar refractivity (Wildman–Crippen MR) is 153 cm³/mol. The Labute approximate surface area is 249 Å². The molecule has 0 unspecified atom stereocenters. The van der Waals surface area contributed by atoms with E-state index in [0.717, 1.165) is 26.1 Å². The van der Waals surface area contributed by atoms with Gasteiger partial charge in [-0.3, -0.25) is 0 Å². The molecule has 0 rings (SSSR count). The van der Waals surface area contributed by atoms with E-state index in [1.165, 1.54) is 154 Å². The monoisotopic (exact) mass is 517 g/mol. The molecule has 0 heterocycles. The van der Waals surface area contributed by atoms with Crippen LogP contribution in [0.5, 0.6) is 0 Å². The molecule has 36 heavy (non-hydrogen) atoms. The van der Waals surface area contributed by atoms with E-state index < -0.39 is 5.97 Å². The third-order valence-electron chi connectivity index (χ3n) is 7.51. The van der Waals surface area contributed by atoms with Crippen LogP contribution < -0.4 is 34.7 Å². The zero-order valence-electron chi connectivity index (χ0n) is 25.3. The van der Waals surface area contributed by atoms with Gasteiger partial charge < -0.3 is 14.8 Å². The van der Waals surface area contributed by atoms with Gasteiger partial charge in [-0.15, -0.1) is 0 Å². The SMILES string of the molecule is CCCCCCCCCCCCCCN(CCCCCCCCCCCCCC)CCCC(=O)[O-].[Na+]. The van der Waals surface area contributed by atoms with Gasteiger partial charge >= 0.3 is 29.6 Å². The molecule has 0 aromatic rings. The van der Waals surface area contributed by atoms with Crippen molar-refractivity contribution in [3.63, 3.8) is 0 Å². The third kappa shape index (κ3) is 32.5. The normalized spacial score (nSPS) is 11.2. The van der Waals surface area contributed by atoms with Crippen LogP contribution in [0.3, 0.4) is 0 Å². The van der Waals surface area contributed by atoms with E-state index in [1.54, 1.807) is 0 Å². The first kappa shape index (κ1) is 38.6. The molecule has 0 bridgehead atoms. The second kappa shape index (κ2) is 33.5. The Bertz CT molecular complexity index is 391. The summed E-state index contributed by atoms with van der Waals surface area (Å²) in [6.07, 6.45) is 34.2. The summed E-state index contributed by atoms with van der Waals surface area (Å²) >= 11 is 0. The fourth-order valence-electron chi connectivity index (χ4n) is 5.14. The summed E-state index contributed by atoms with van der Waals surface area (Å²) < 4.78 is 0. The van der Waals surface area contributed by atoms with Gasteiger partial charge in [-0.05, 0) is 45.3 Å². The number of hydrogen-bond donors (Lipinski definition) is 0. The molecule has 4 heteroatoms. The van der Waals surface area contributed by atoms with Crippen LogP contribution in [0.2, 0.25) is 0 Å². The molecule has 0 atom stereocenters. The van der Waals surface area contributed by atoms with Gasteiger partial charge in [0.1, 0.15) is 0 Å². The Balaban J connectivity index is 0. The number of hydrogen-bond acceptors (Lipinski definition) is 3. The number of carboxylic acid groups (broad SMARTS) is 1. The number of rotatable bonds is 30. The minimum absolute atomic E-state index is 0. The Hall–Kier alpha value is 0.430. The van der Waals surface area contributed by atoms with E-state index in [2.05, 4.69) is 18.7 Å². The molecule has 3 nitrogen and oxygen atoms in total. The van der Waals surface area contributed by atoms with Crippen molar-refractivity contribution >= 4 is 5.97 Å². The fraction of sp³-hybridized carbons (Fsp3) is 0.969. The van der Waals surface area contributed by atoms with Crippen LogP contribution in [-0.2, 0) is 4.79 Å². The van der Waals surface area contributed by atoms with E-state index in [4.69, 9.17) is 0 Å². The summed E-state index contributed by atoms with van der Waals surface area (Å²) in [6, 6.07) is 0. The summed E-state index contributed by atoms with van der Waals surface area (Å²) in [5.41, 5.74) is 0. The third-order valence-corrected chi connectivity index (χ3v) is 7.51. The largest absolute Gasteiger partial charge is 1.00 e. The van der Waals surface area contributed by atoms with Crippen molar-refractivity contribution in [3.8, 4) is 0 Å². The van der Waals surface area contributed by atoms with E-state index >= 15 is 0 Å². The van der Waals surface area contributed by atoms with Gasteiger partial charge in [-0.1, -0.05) is 155 Å². The number of carbonyl (C=O) groups excluding carboxylic acids is 1. The van der Waals surface area contributed by atoms with Crippen LogP contribution in [0.15, 0.2) is 0 Å². The van der Waals surface area contributed by atoms with Crippen LogP contribution in [-0.4, -0.2) is 30.5 Å². The number of carbonyl (C=O) groups is 1. The molecular weight excluding hydrogens is 453 g/mol. The maximum absolute atomic E-state index is 10.8. The molecule has 0 radical (unpaired) electrons. The van der Waals surface area contributed by atoms with Crippen LogP contribution in [0, 0.1) is 0 Å². The zero-order valence-corrected chi connectivity index (χ0v) is 27.3. The number of nitrogens with zero attached hydrogens (tertiary/aromatic N) is 1. The van der Waals surface area contributed by atoms with Gasteiger partial charge in [0.2, 0.25) is 0 Å². The molecular formula is C32H64NNaO2. The standard InChI is InChI=1S/C32H65NO2.Na/c1-3-5-7-9-11-13-15-17-19-21-23-25-29-33(31-27-28-32(34)35)30-26-24-22-20-18-16-14-12-10-8-6-4-2;/h3-31H2,1-2H3,(H,34,35);/q;+1/p-1. The Morgan fingerprint density at radius 1 is 0.444 bits per heavy atom. The molecule has 0 saturated heterocycles. The van der Waals surface area contributed by atoms with Crippen molar-refractivity contribution < 1.29 is 39.5 Å². The van der Waals surface area contributed by atoms with Crippen LogP contribution in [0.1, 0.15) is 181 Å². The molecule has 0 aromatic carbocycles. The average molecular weight is 518 g/mol. The minimum Gasteiger partial charge on any atom is -0.550 e. The summed E-state index contributed by atoms with van der Waals surface area (Å²) in [5, 5.41) is 10.8. The van der Waals surface area contributed by atoms with E-state index in [0.29, 0.717) is 0 Å². The van der Waals surface area contributed by atoms with Gasteiger partial charge in [0.15, 0.2) is 0 Å². The van der Waals surface area contributed by atoms with Gasteiger partial charge in [0, 0.05) is 5.97 Å². The zero-order chi connectivity index (χ0) is 25.7. The van der Waals surface area contributed by atoms with Crippen molar-refractivity contribution in [2.75, 3.05) is 19.6 Å². The first-order valence-electron chi connectivity index (χ1n) is 16.1. The molecule has 0 aliphatic carbocycles. The van der Waals surface area contributed by atoms with E-state index in [1.807, 2.05) is 0 Å². The second-order valence-corrected chi connectivity index (χ2v) is 11.1. The number of carboxylic acids is 1. The van der Waals surface area contributed by atoms with Crippen LogP contribution in [0.4, 0.5) is 0 Å². The van der Waals surface area contributed by atoms with Crippen molar-refractivity contribution in [2.45, 2.75) is 181 Å². The van der Waals surface area contributed by atoms with Crippen LogP contribution >= 0.6 is 0 Å². The molecule has 0 spiro atoms. The smallest absolute Gasteiger partial charge is 0.550 e. The fourth-order valence-corrected chi connectivity index (χ4v) is 5.14. The average Bonchev–Trinajstić information content (AvgIpc) is 2.84. The molecule has 0 amide bonds. The Morgan fingerprint density at radius 3 is 0.972 bits per heavy atom. The second-order valence-electron chi connectivity index (χ2n) is 11.1. The summed E-state index contributed by atoms with van der Waals surface area (Å²) in [4.78, 5) is 13.3.